The molecule has 1 N–H and O–H groups in total. The van der Waals surface area contributed by atoms with Crippen LogP contribution in [0.3, 0.4) is 0 Å². The third-order valence-corrected chi connectivity index (χ3v) is 4.28. The molecule has 1 atom stereocenters. The molecule has 1 aliphatic heterocycles. The molecule has 2 rings (SSSR count). The van der Waals surface area contributed by atoms with E-state index < -0.39 is 5.97 Å². The molecule has 5 nitrogen and oxygen atoms in total. The Labute approximate surface area is 109 Å². The van der Waals surface area contributed by atoms with E-state index in [1.54, 1.807) is 4.90 Å². The molecule has 0 radical (unpaired) electrons. The molecular formula is C12H15NO4S. The van der Waals surface area contributed by atoms with Crippen LogP contribution in [0.4, 0.5) is 0 Å². The van der Waals surface area contributed by atoms with Crippen molar-refractivity contribution in [2.45, 2.75) is 18.6 Å². The van der Waals surface area contributed by atoms with Crippen molar-refractivity contribution < 1.29 is 19.1 Å². The highest BCUT2D eigenvalue weighted by atomic mass is 32.2. The van der Waals surface area contributed by atoms with Crippen LogP contribution in [0.5, 0.6) is 0 Å². The number of hydrogen-bond donors (Lipinski definition) is 1. The summed E-state index contributed by atoms with van der Waals surface area (Å²) in [5.41, 5.74) is 0. The first-order valence-corrected chi connectivity index (χ1v) is 6.90. The highest BCUT2D eigenvalue weighted by molar-refractivity contribution is 8.00. The van der Waals surface area contributed by atoms with Gasteiger partial charge in [-0.15, -0.1) is 0 Å². The second kappa shape index (κ2) is 5.48. The van der Waals surface area contributed by atoms with E-state index in [1.165, 1.54) is 12.1 Å². The minimum Gasteiger partial charge on any atom is -0.475 e. The fraction of sp³-hybridized carbons (Fsp3) is 0.500. The maximum atomic E-state index is 12.1. The molecule has 0 aliphatic carbocycles. The minimum atomic E-state index is -1.16. The molecule has 0 spiro atoms. The molecule has 0 aromatic carbocycles. The van der Waals surface area contributed by atoms with E-state index in [1.807, 2.05) is 11.8 Å². The first-order chi connectivity index (χ1) is 8.61. The second-order valence-corrected chi connectivity index (χ2v) is 5.53. The van der Waals surface area contributed by atoms with Crippen LogP contribution in [-0.4, -0.2) is 46.0 Å². The summed E-state index contributed by atoms with van der Waals surface area (Å²) in [4.78, 5) is 24.5. The summed E-state index contributed by atoms with van der Waals surface area (Å²) < 4.78 is 5.03. The smallest absolute Gasteiger partial charge is 0.371 e. The maximum Gasteiger partial charge on any atom is 0.371 e. The SMILES string of the molecule is CCC1CN(C(=O)c2ccc(C(=O)O)o2)CCS1. The fourth-order valence-corrected chi connectivity index (χ4v) is 3.05. The number of aromatic carboxylic acids is 1. The highest BCUT2D eigenvalue weighted by Crippen LogP contribution is 2.22. The number of amides is 1. The van der Waals surface area contributed by atoms with E-state index in [4.69, 9.17) is 9.52 Å². The van der Waals surface area contributed by atoms with Crippen LogP contribution in [0.1, 0.15) is 34.5 Å². The van der Waals surface area contributed by atoms with Crippen LogP contribution in [0.25, 0.3) is 0 Å². The predicted octanol–water partition coefficient (Wildman–Crippen LogP) is 1.95. The Morgan fingerprint density at radius 1 is 1.50 bits per heavy atom. The van der Waals surface area contributed by atoms with Crippen LogP contribution in [-0.2, 0) is 0 Å². The lowest BCUT2D eigenvalue weighted by Gasteiger charge is -2.31. The number of hydrogen-bond acceptors (Lipinski definition) is 4. The summed E-state index contributed by atoms with van der Waals surface area (Å²) in [6.07, 6.45) is 1.02. The van der Waals surface area contributed by atoms with Crippen molar-refractivity contribution >= 4 is 23.6 Å². The number of rotatable bonds is 3. The topological polar surface area (TPSA) is 70.8 Å². The van der Waals surface area contributed by atoms with E-state index in [2.05, 4.69) is 6.92 Å². The van der Waals surface area contributed by atoms with Gasteiger partial charge in [0.25, 0.3) is 5.91 Å². The summed E-state index contributed by atoms with van der Waals surface area (Å²) in [6.45, 7) is 3.48. The van der Waals surface area contributed by atoms with Gasteiger partial charge in [0.05, 0.1) is 0 Å². The monoisotopic (exact) mass is 269 g/mol. The van der Waals surface area contributed by atoms with Crippen LogP contribution in [0.2, 0.25) is 0 Å². The molecule has 1 amide bonds. The normalized spacial score (nSPS) is 19.8. The number of carbonyl (C=O) groups is 2. The van der Waals surface area contributed by atoms with Gasteiger partial charge >= 0.3 is 5.97 Å². The van der Waals surface area contributed by atoms with Crippen LogP contribution < -0.4 is 0 Å². The van der Waals surface area contributed by atoms with Crippen molar-refractivity contribution in [2.75, 3.05) is 18.8 Å². The van der Waals surface area contributed by atoms with Gasteiger partial charge in [0.2, 0.25) is 5.76 Å². The lowest BCUT2D eigenvalue weighted by atomic mass is 10.2. The Balaban J connectivity index is 2.07. The van der Waals surface area contributed by atoms with Crippen LogP contribution in [0, 0.1) is 0 Å². The lowest BCUT2D eigenvalue weighted by molar-refractivity contribution is 0.0650. The van der Waals surface area contributed by atoms with Gasteiger partial charge in [0.1, 0.15) is 0 Å². The molecule has 1 unspecified atom stereocenters. The summed E-state index contributed by atoms with van der Waals surface area (Å²) in [6, 6.07) is 2.74. The van der Waals surface area contributed by atoms with Crippen molar-refractivity contribution in [1.82, 2.24) is 4.90 Å². The van der Waals surface area contributed by atoms with E-state index in [0.717, 1.165) is 12.2 Å². The van der Waals surface area contributed by atoms with Crippen molar-refractivity contribution in [2.24, 2.45) is 0 Å². The zero-order chi connectivity index (χ0) is 13.1. The molecule has 1 fully saturated rings. The largest absolute Gasteiger partial charge is 0.475 e. The highest BCUT2D eigenvalue weighted by Gasteiger charge is 2.26. The van der Waals surface area contributed by atoms with Gasteiger partial charge in [-0.3, -0.25) is 4.79 Å². The molecule has 0 saturated carbocycles. The third kappa shape index (κ3) is 2.69. The molecule has 1 aliphatic rings. The van der Waals surface area contributed by atoms with Crippen molar-refractivity contribution in [3.8, 4) is 0 Å². The molecule has 1 aromatic heterocycles. The number of carboxylic acids is 1. The molecule has 0 bridgehead atoms. The van der Waals surface area contributed by atoms with Gasteiger partial charge in [-0.05, 0) is 18.6 Å². The Morgan fingerprint density at radius 2 is 2.22 bits per heavy atom. The van der Waals surface area contributed by atoms with Gasteiger partial charge in [0, 0.05) is 24.1 Å². The first-order valence-electron chi connectivity index (χ1n) is 5.85. The van der Waals surface area contributed by atoms with Gasteiger partial charge in [-0.25, -0.2) is 4.79 Å². The number of nitrogens with zero attached hydrogens (tertiary/aromatic N) is 1. The predicted molar refractivity (Wildman–Crippen MR) is 68.1 cm³/mol. The van der Waals surface area contributed by atoms with Gasteiger partial charge < -0.3 is 14.4 Å². The second-order valence-electron chi connectivity index (χ2n) is 4.12. The first kappa shape index (κ1) is 13.0. The summed E-state index contributed by atoms with van der Waals surface area (Å²) in [5.74, 6) is -0.557. The quantitative estimate of drug-likeness (QED) is 0.908. The lowest BCUT2D eigenvalue weighted by Crippen LogP contribution is -2.41. The van der Waals surface area contributed by atoms with Crippen molar-refractivity contribution in [1.29, 1.82) is 0 Å². The third-order valence-electron chi connectivity index (χ3n) is 2.91. The number of thioether (sulfide) groups is 1. The van der Waals surface area contributed by atoms with Gasteiger partial charge in [-0.2, -0.15) is 11.8 Å². The maximum absolute atomic E-state index is 12.1. The molecule has 18 heavy (non-hydrogen) atoms. The van der Waals surface area contributed by atoms with E-state index in [0.29, 0.717) is 18.3 Å². The number of carbonyl (C=O) groups excluding carboxylic acids is 1. The van der Waals surface area contributed by atoms with E-state index in [9.17, 15) is 9.59 Å². The average molecular weight is 269 g/mol. The molecular weight excluding hydrogens is 254 g/mol. The Morgan fingerprint density at radius 3 is 2.83 bits per heavy atom. The van der Waals surface area contributed by atoms with Gasteiger partial charge in [0.15, 0.2) is 5.76 Å². The summed E-state index contributed by atoms with van der Waals surface area (Å²) >= 11 is 1.87. The van der Waals surface area contributed by atoms with Gasteiger partial charge in [-0.1, -0.05) is 6.92 Å². The molecule has 1 aromatic rings. The summed E-state index contributed by atoms with van der Waals surface area (Å²) in [5, 5.41) is 9.20. The number of carboxylic acid groups (broad SMARTS) is 1. The average Bonchev–Trinajstić information content (AvgIpc) is 2.87. The van der Waals surface area contributed by atoms with E-state index >= 15 is 0 Å². The molecule has 1 saturated heterocycles. The standard InChI is InChI=1S/C12H15NO4S/c1-2-8-7-13(5-6-18-8)11(14)9-3-4-10(17-9)12(15)16/h3-4,8H,2,5-7H2,1H3,(H,15,16). The number of furan rings is 1. The van der Waals surface area contributed by atoms with Crippen molar-refractivity contribution in [3.05, 3.63) is 23.7 Å². The van der Waals surface area contributed by atoms with Crippen LogP contribution >= 0.6 is 11.8 Å². The fourth-order valence-electron chi connectivity index (χ4n) is 1.87. The zero-order valence-corrected chi connectivity index (χ0v) is 10.9. The van der Waals surface area contributed by atoms with Crippen molar-refractivity contribution in [3.63, 3.8) is 0 Å². The Kier molecular flexibility index (Phi) is 3.96. The molecule has 98 valence electrons. The minimum absolute atomic E-state index is 0.106. The van der Waals surface area contributed by atoms with Crippen LogP contribution in [0.15, 0.2) is 16.5 Å². The summed E-state index contributed by atoms with van der Waals surface area (Å²) in [7, 11) is 0. The molecule has 2 heterocycles. The Hall–Kier alpha value is -1.43. The van der Waals surface area contributed by atoms with E-state index in [-0.39, 0.29) is 17.4 Å². The Bertz CT molecular complexity index is 457. The molecule has 6 heteroatoms. The zero-order valence-electron chi connectivity index (χ0n) is 10.1.